The number of ether oxygens (including phenoxy) is 1. The minimum atomic E-state index is 0.530. The first kappa shape index (κ1) is 12.8. The zero-order valence-electron chi connectivity index (χ0n) is 11.5. The van der Waals surface area contributed by atoms with Crippen LogP contribution in [0.4, 0.5) is 0 Å². The molecule has 0 radical (unpaired) electrons. The van der Waals surface area contributed by atoms with E-state index in [-0.39, 0.29) is 0 Å². The van der Waals surface area contributed by atoms with Crippen LogP contribution >= 0.6 is 0 Å². The first-order chi connectivity index (χ1) is 9.76. The summed E-state index contributed by atoms with van der Waals surface area (Å²) in [5.41, 5.74) is 10.3. The molecule has 3 heteroatoms. The van der Waals surface area contributed by atoms with Gasteiger partial charge in [0.25, 0.3) is 0 Å². The molecule has 0 atom stereocenters. The normalized spacial score (nSPS) is 10.9. The number of para-hydroxylation sites is 1. The maximum absolute atomic E-state index is 5.81. The summed E-state index contributed by atoms with van der Waals surface area (Å²) in [5.74, 6) is 0.891. The minimum absolute atomic E-state index is 0.530. The van der Waals surface area contributed by atoms with Crippen molar-refractivity contribution in [2.24, 2.45) is 5.73 Å². The first-order valence-corrected chi connectivity index (χ1v) is 6.75. The number of aryl methyl sites for hydroxylation is 1. The zero-order chi connectivity index (χ0) is 13.9. The Balaban J connectivity index is 1.81. The maximum Gasteiger partial charge on any atom is 0.128 e. The summed E-state index contributed by atoms with van der Waals surface area (Å²) in [4.78, 5) is 3.39. The smallest absolute Gasteiger partial charge is 0.128 e. The van der Waals surface area contributed by atoms with E-state index in [2.05, 4.69) is 30.1 Å². The lowest BCUT2D eigenvalue weighted by molar-refractivity contribution is 0.302. The van der Waals surface area contributed by atoms with Crippen LogP contribution in [-0.2, 0) is 13.2 Å². The molecule has 0 amide bonds. The van der Waals surface area contributed by atoms with Crippen LogP contribution in [0.5, 0.6) is 5.75 Å². The number of nitrogens with one attached hydrogen (secondary N) is 1. The average molecular weight is 266 g/mol. The Kier molecular flexibility index (Phi) is 3.44. The van der Waals surface area contributed by atoms with Crippen LogP contribution in [0.2, 0.25) is 0 Å². The number of fused-ring (bicyclic) bond motifs is 1. The van der Waals surface area contributed by atoms with Gasteiger partial charge in [-0.05, 0) is 36.2 Å². The van der Waals surface area contributed by atoms with Crippen LogP contribution in [0.3, 0.4) is 0 Å². The first-order valence-electron chi connectivity index (χ1n) is 6.75. The van der Waals surface area contributed by atoms with E-state index in [0.717, 1.165) is 22.5 Å². The number of nitrogens with two attached hydrogens (primary N) is 1. The Labute approximate surface area is 118 Å². The summed E-state index contributed by atoms with van der Waals surface area (Å²) >= 11 is 0. The van der Waals surface area contributed by atoms with Crippen molar-refractivity contribution >= 4 is 10.9 Å². The van der Waals surface area contributed by atoms with Crippen LogP contribution in [0.1, 0.15) is 16.8 Å². The highest BCUT2D eigenvalue weighted by atomic mass is 16.5. The third-order valence-electron chi connectivity index (χ3n) is 3.40. The van der Waals surface area contributed by atoms with E-state index in [4.69, 9.17) is 10.5 Å². The lowest BCUT2D eigenvalue weighted by Crippen LogP contribution is -1.98. The Hall–Kier alpha value is -2.26. The van der Waals surface area contributed by atoms with Gasteiger partial charge < -0.3 is 15.5 Å². The highest BCUT2D eigenvalue weighted by Gasteiger charge is 2.05. The van der Waals surface area contributed by atoms with Gasteiger partial charge in [0.2, 0.25) is 0 Å². The molecule has 0 aliphatic rings. The van der Waals surface area contributed by atoms with Crippen molar-refractivity contribution in [3.05, 3.63) is 65.4 Å². The SMILES string of the molecule is Cc1cccc(OCc2cc3cccc(CN)c3[nH]2)c1. The van der Waals surface area contributed by atoms with E-state index >= 15 is 0 Å². The van der Waals surface area contributed by atoms with E-state index in [9.17, 15) is 0 Å². The minimum Gasteiger partial charge on any atom is -0.487 e. The molecule has 20 heavy (non-hydrogen) atoms. The largest absolute Gasteiger partial charge is 0.487 e. The van der Waals surface area contributed by atoms with E-state index in [1.54, 1.807) is 0 Å². The van der Waals surface area contributed by atoms with Gasteiger partial charge in [-0.2, -0.15) is 0 Å². The van der Waals surface area contributed by atoms with Gasteiger partial charge >= 0.3 is 0 Å². The molecule has 0 saturated carbocycles. The number of hydrogen-bond donors (Lipinski definition) is 2. The summed E-state index contributed by atoms with van der Waals surface area (Å²) < 4.78 is 5.81. The molecular formula is C17H18N2O. The highest BCUT2D eigenvalue weighted by Crippen LogP contribution is 2.21. The second kappa shape index (κ2) is 5.39. The molecule has 3 N–H and O–H groups in total. The standard InChI is InChI=1S/C17H18N2O/c1-12-4-2-7-16(8-12)20-11-15-9-13-5-3-6-14(10-18)17(13)19-15/h2-9,19H,10-11,18H2,1H3. The maximum atomic E-state index is 5.81. The Morgan fingerprint density at radius 1 is 1.10 bits per heavy atom. The fraction of sp³-hybridized carbons (Fsp3) is 0.176. The van der Waals surface area contributed by atoms with Crippen molar-refractivity contribution in [3.8, 4) is 5.75 Å². The quantitative estimate of drug-likeness (QED) is 0.759. The number of hydrogen-bond acceptors (Lipinski definition) is 2. The second-order valence-corrected chi connectivity index (χ2v) is 4.99. The number of aromatic amines is 1. The van der Waals surface area contributed by atoms with Gasteiger partial charge in [0.05, 0.1) is 11.2 Å². The van der Waals surface area contributed by atoms with Crippen molar-refractivity contribution in [1.82, 2.24) is 4.98 Å². The van der Waals surface area contributed by atoms with Crippen molar-refractivity contribution in [2.75, 3.05) is 0 Å². The topological polar surface area (TPSA) is 51.0 Å². The summed E-state index contributed by atoms with van der Waals surface area (Å²) in [5, 5.41) is 1.18. The molecule has 0 unspecified atom stereocenters. The molecule has 1 aromatic heterocycles. The number of aromatic nitrogens is 1. The lowest BCUT2D eigenvalue weighted by Gasteiger charge is -2.05. The molecule has 1 heterocycles. The molecule has 3 nitrogen and oxygen atoms in total. The van der Waals surface area contributed by atoms with Crippen LogP contribution in [0, 0.1) is 6.92 Å². The Bertz CT molecular complexity index is 731. The molecule has 0 spiro atoms. The Morgan fingerprint density at radius 3 is 2.75 bits per heavy atom. The molecule has 3 rings (SSSR count). The fourth-order valence-electron chi connectivity index (χ4n) is 2.39. The van der Waals surface area contributed by atoms with Crippen molar-refractivity contribution in [2.45, 2.75) is 20.1 Å². The second-order valence-electron chi connectivity index (χ2n) is 4.99. The third kappa shape index (κ3) is 2.53. The summed E-state index contributed by atoms with van der Waals surface area (Å²) in [6, 6.07) is 16.3. The molecular weight excluding hydrogens is 248 g/mol. The molecule has 0 aliphatic heterocycles. The summed E-state index contributed by atoms with van der Waals surface area (Å²) in [6.45, 7) is 3.13. The van der Waals surface area contributed by atoms with Crippen molar-refractivity contribution < 1.29 is 4.74 Å². The Morgan fingerprint density at radius 2 is 1.95 bits per heavy atom. The highest BCUT2D eigenvalue weighted by molar-refractivity contribution is 5.83. The van der Waals surface area contributed by atoms with Crippen LogP contribution in [0.25, 0.3) is 10.9 Å². The molecule has 2 aromatic carbocycles. The van der Waals surface area contributed by atoms with Crippen LogP contribution < -0.4 is 10.5 Å². The van der Waals surface area contributed by atoms with Gasteiger partial charge in [0.1, 0.15) is 12.4 Å². The molecule has 3 aromatic rings. The molecule has 0 saturated heterocycles. The molecule has 102 valence electrons. The lowest BCUT2D eigenvalue weighted by atomic mass is 10.1. The van der Waals surface area contributed by atoms with Crippen molar-refractivity contribution in [1.29, 1.82) is 0 Å². The molecule has 0 bridgehead atoms. The van der Waals surface area contributed by atoms with Crippen LogP contribution in [0.15, 0.2) is 48.5 Å². The van der Waals surface area contributed by atoms with Crippen molar-refractivity contribution in [3.63, 3.8) is 0 Å². The van der Waals surface area contributed by atoms with E-state index in [1.165, 1.54) is 10.9 Å². The van der Waals surface area contributed by atoms with Gasteiger partial charge in [0, 0.05) is 11.9 Å². The average Bonchev–Trinajstić information content (AvgIpc) is 2.88. The van der Waals surface area contributed by atoms with Gasteiger partial charge in [-0.15, -0.1) is 0 Å². The van der Waals surface area contributed by atoms with Gasteiger partial charge in [-0.1, -0.05) is 30.3 Å². The zero-order valence-corrected chi connectivity index (χ0v) is 11.5. The van der Waals surface area contributed by atoms with E-state index in [1.807, 2.05) is 30.3 Å². The van der Waals surface area contributed by atoms with E-state index < -0.39 is 0 Å². The number of H-pyrrole nitrogens is 1. The predicted molar refractivity (Wildman–Crippen MR) is 81.7 cm³/mol. The van der Waals surface area contributed by atoms with E-state index in [0.29, 0.717) is 13.2 Å². The molecule has 0 fully saturated rings. The summed E-state index contributed by atoms with van der Waals surface area (Å²) in [7, 11) is 0. The summed E-state index contributed by atoms with van der Waals surface area (Å²) in [6.07, 6.45) is 0. The third-order valence-corrected chi connectivity index (χ3v) is 3.40. The van der Waals surface area contributed by atoms with Gasteiger partial charge in [-0.3, -0.25) is 0 Å². The van der Waals surface area contributed by atoms with Crippen LogP contribution in [-0.4, -0.2) is 4.98 Å². The monoisotopic (exact) mass is 266 g/mol. The predicted octanol–water partition coefficient (Wildman–Crippen LogP) is 3.51. The van der Waals surface area contributed by atoms with Gasteiger partial charge in [0.15, 0.2) is 0 Å². The number of benzene rings is 2. The molecule has 0 aliphatic carbocycles. The fourth-order valence-corrected chi connectivity index (χ4v) is 2.39. The number of rotatable bonds is 4. The van der Waals surface area contributed by atoms with Gasteiger partial charge in [-0.25, -0.2) is 0 Å².